The van der Waals surface area contributed by atoms with Gasteiger partial charge in [0.1, 0.15) is 10.9 Å². The Bertz CT molecular complexity index is 1160. The van der Waals surface area contributed by atoms with E-state index >= 15 is 0 Å². The molecule has 0 radical (unpaired) electrons. The summed E-state index contributed by atoms with van der Waals surface area (Å²) >= 11 is 6.61. The van der Waals surface area contributed by atoms with E-state index in [2.05, 4.69) is 10.4 Å². The van der Waals surface area contributed by atoms with Gasteiger partial charge in [0, 0.05) is 17.5 Å². The van der Waals surface area contributed by atoms with E-state index in [0.29, 0.717) is 40.8 Å². The fourth-order valence-corrected chi connectivity index (χ4v) is 4.46. The van der Waals surface area contributed by atoms with Crippen molar-refractivity contribution in [3.05, 3.63) is 76.6 Å². The SMILES string of the molecule is Cc1nn(-c2ccccc2)c(Cl)c1CN1C(=O)N[C@@]2(CCOc3ccccc32)C1=O. The first-order valence-corrected chi connectivity index (χ1v) is 10.0. The van der Waals surface area contributed by atoms with E-state index in [9.17, 15) is 9.59 Å². The van der Waals surface area contributed by atoms with Crippen LogP contribution in [0.15, 0.2) is 54.6 Å². The maximum absolute atomic E-state index is 13.5. The molecule has 2 aliphatic rings. The summed E-state index contributed by atoms with van der Waals surface area (Å²) in [5.41, 5.74) is 1.69. The van der Waals surface area contributed by atoms with Gasteiger partial charge >= 0.3 is 6.03 Å². The van der Waals surface area contributed by atoms with Crippen LogP contribution in [0.4, 0.5) is 4.79 Å². The van der Waals surface area contributed by atoms with Crippen molar-refractivity contribution >= 4 is 23.5 Å². The van der Waals surface area contributed by atoms with Gasteiger partial charge in [-0.25, -0.2) is 9.48 Å². The number of aromatic nitrogens is 2. The summed E-state index contributed by atoms with van der Waals surface area (Å²) in [6, 6.07) is 16.4. The molecule has 8 heteroatoms. The Morgan fingerprint density at radius 3 is 2.67 bits per heavy atom. The molecule has 1 aromatic heterocycles. The van der Waals surface area contributed by atoms with Gasteiger partial charge in [-0.15, -0.1) is 0 Å². The van der Waals surface area contributed by atoms with Crippen LogP contribution in [0.5, 0.6) is 5.75 Å². The molecule has 0 saturated carbocycles. The molecule has 0 aliphatic carbocycles. The van der Waals surface area contributed by atoms with E-state index in [4.69, 9.17) is 16.3 Å². The van der Waals surface area contributed by atoms with Crippen LogP contribution in [-0.4, -0.2) is 33.2 Å². The smallest absolute Gasteiger partial charge is 0.325 e. The number of aryl methyl sites for hydroxylation is 1. The third-order valence-corrected chi connectivity index (χ3v) is 6.08. The number of halogens is 1. The third kappa shape index (κ3) is 2.69. The number of rotatable bonds is 3. The summed E-state index contributed by atoms with van der Waals surface area (Å²) < 4.78 is 7.30. The highest BCUT2D eigenvalue weighted by Gasteiger charge is 2.55. The van der Waals surface area contributed by atoms with Crippen LogP contribution in [0.3, 0.4) is 0 Å². The van der Waals surface area contributed by atoms with Crippen molar-refractivity contribution < 1.29 is 14.3 Å². The van der Waals surface area contributed by atoms with Gasteiger partial charge in [0.2, 0.25) is 0 Å². The number of urea groups is 1. The third-order valence-electron chi connectivity index (χ3n) is 5.70. The molecule has 3 aromatic rings. The van der Waals surface area contributed by atoms with Crippen LogP contribution in [0.25, 0.3) is 5.69 Å². The van der Waals surface area contributed by atoms with Crippen LogP contribution in [0.2, 0.25) is 5.15 Å². The van der Waals surface area contributed by atoms with E-state index < -0.39 is 11.6 Å². The fraction of sp³-hybridized carbons (Fsp3) is 0.227. The molecule has 2 aliphatic heterocycles. The summed E-state index contributed by atoms with van der Waals surface area (Å²) in [5.74, 6) is 0.316. The van der Waals surface area contributed by atoms with Gasteiger partial charge in [-0.2, -0.15) is 5.10 Å². The Labute approximate surface area is 178 Å². The van der Waals surface area contributed by atoms with Gasteiger partial charge in [0.05, 0.1) is 24.5 Å². The quantitative estimate of drug-likeness (QED) is 0.655. The maximum atomic E-state index is 13.5. The molecule has 3 heterocycles. The molecule has 1 fully saturated rings. The predicted molar refractivity (Wildman–Crippen MR) is 111 cm³/mol. The normalized spacial score (nSPS) is 20.3. The predicted octanol–water partition coefficient (Wildman–Crippen LogP) is 3.56. The number of imide groups is 1. The Kier molecular flexibility index (Phi) is 4.29. The van der Waals surface area contributed by atoms with Gasteiger partial charge in [0.25, 0.3) is 5.91 Å². The van der Waals surface area contributed by atoms with Crippen LogP contribution < -0.4 is 10.1 Å². The summed E-state index contributed by atoms with van der Waals surface area (Å²) in [4.78, 5) is 27.5. The number of benzene rings is 2. The van der Waals surface area contributed by atoms with E-state index in [-0.39, 0.29) is 12.5 Å². The number of ether oxygens (including phenoxy) is 1. The Hall–Kier alpha value is -3.32. The van der Waals surface area contributed by atoms with Crippen LogP contribution in [0, 0.1) is 6.92 Å². The first kappa shape index (κ1) is 18.7. The Morgan fingerprint density at radius 1 is 1.13 bits per heavy atom. The van der Waals surface area contributed by atoms with Crippen molar-refractivity contribution in [2.24, 2.45) is 0 Å². The number of hydrogen-bond donors (Lipinski definition) is 1. The van der Waals surface area contributed by atoms with Crippen molar-refractivity contribution in [2.75, 3.05) is 6.61 Å². The molecule has 1 N–H and O–H groups in total. The minimum absolute atomic E-state index is 0.0486. The Morgan fingerprint density at radius 2 is 1.87 bits per heavy atom. The second kappa shape index (κ2) is 6.88. The molecule has 0 unspecified atom stereocenters. The molecular formula is C22H19ClN4O3. The zero-order valence-electron chi connectivity index (χ0n) is 16.3. The second-order valence-electron chi connectivity index (χ2n) is 7.42. The van der Waals surface area contributed by atoms with Crippen molar-refractivity contribution in [1.29, 1.82) is 0 Å². The molecule has 7 nitrogen and oxygen atoms in total. The van der Waals surface area contributed by atoms with Gasteiger partial charge in [-0.3, -0.25) is 9.69 Å². The fourth-order valence-electron chi connectivity index (χ4n) is 4.12. The number of nitrogens with one attached hydrogen (secondary N) is 1. The van der Waals surface area contributed by atoms with Crippen molar-refractivity contribution in [3.63, 3.8) is 0 Å². The van der Waals surface area contributed by atoms with Gasteiger partial charge in [0.15, 0.2) is 5.54 Å². The number of para-hydroxylation sites is 2. The summed E-state index contributed by atoms with van der Waals surface area (Å²) in [5, 5.41) is 7.80. The average molecular weight is 423 g/mol. The van der Waals surface area contributed by atoms with E-state index in [0.717, 1.165) is 5.69 Å². The molecule has 1 spiro atoms. The van der Waals surface area contributed by atoms with Gasteiger partial charge in [-0.05, 0) is 25.1 Å². The van der Waals surface area contributed by atoms with Crippen molar-refractivity contribution in [1.82, 2.24) is 20.0 Å². The molecule has 5 rings (SSSR count). The lowest BCUT2D eigenvalue weighted by atomic mass is 9.84. The minimum atomic E-state index is -1.11. The molecule has 1 saturated heterocycles. The lowest BCUT2D eigenvalue weighted by Crippen LogP contribution is -2.47. The summed E-state index contributed by atoms with van der Waals surface area (Å²) in [7, 11) is 0. The first-order valence-electron chi connectivity index (χ1n) is 9.67. The van der Waals surface area contributed by atoms with E-state index in [1.54, 1.807) is 4.68 Å². The molecule has 152 valence electrons. The number of carbonyl (C=O) groups is 2. The number of fused-ring (bicyclic) bond motifs is 2. The Balaban J connectivity index is 1.50. The van der Waals surface area contributed by atoms with Crippen LogP contribution >= 0.6 is 11.6 Å². The minimum Gasteiger partial charge on any atom is -0.493 e. The zero-order valence-corrected chi connectivity index (χ0v) is 17.0. The van der Waals surface area contributed by atoms with E-state index in [1.807, 2.05) is 61.5 Å². The highest BCUT2D eigenvalue weighted by Crippen LogP contribution is 2.41. The number of nitrogens with zero attached hydrogens (tertiary/aromatic N) is 3. The maximum Gasteiger partial charge on any atom is 0.325 e. The largest absolute Gasteiger partial charge is 0.493 e. The standard InChI is InChI=1S/C22H19ClN4O3/c1-14-16(19(23)27(25-14)15-7-3-2-4-8-15)13-26-20(28)22(24-21(26)29)11-12-30-18-10-6-5-9-17(18)22/h2-10H,11-13H2,1H3,(H,24,29)/t22-/m1/s1. The highest BCUT2D eigenvalue weighted by atomic mass is 35.5. The molecule has 3 amide bonds. The monoisotopic (exact) mass is 422 g/mol. The number of carbonyl (C=O) groups excluding carboxylic acids is 2. The average Bonchev–Trinajstić information content (AvgIpc) is 3.17. The van der Waals surface area contributed by atoms with Crippen LogP contribution in [0.1, 0.15) is 23.2 Å². The van der Waals surface area contributed by atoms with Crippen molar-refractivity contribution in [2.45, 2.75) is 25.4 Å². The lowest BCUT2D eigenvalue weighted by molar-refractivity contribution is -0.133. The van der Waals surface area contributed by atoms with Gasteiger partial charge in [-0.1, -0.05) is 48.0 Å². The zero-order chi connectivity index (χ0) is 20.9. The highest BCUT2D eigenvalue weighted by molar-refractivity contribution is 6.30. The molecule has 2 aromatic carbocycles. The lowest BCUT2D eigenvalue weighted by Gasteiger charge is -2.33. The molecule has 1 atom stereocenters. The first-order chi connectivity index (χ1) is 14.5. The summed E-state index contributed by atoms with van der Waals surface area (Å²) in [6.07, 6.45) is 0.376. The molecule has 30 heavy (non-hydrogen) atoms. The number of hydrogen-bond acceptors (Lipinski definition) is 4. The van der Waals surface area contributed by atoms with E-state index in [1.165, 1.54) is 4.90 Å². The van der Waals surface area contributed by atoms with Gasteiger partial charge < -0.3 is 10.1 Å². The topological polar surface area (TPSA) is 76.5 Å². The summed E-state index contributed by atoms with van der Waals surface area (Å²) in [6.45, 7) is 2.22. The second-order valence-corrected chi connectivity index (χ2v) is 7.78. The number of amides is 3. The molecular weight excluding hydrogens is 404 g/mol. The van der Waals surface area contributed by atoms with Crippen molar-refractivity contribution in [3.8, 4) is 11.4 Å². The van der Waals surface area contributed by atoms with Crippen LogP contribution in [-0.2, 0) is 16.9 Å². The molecule has 0 bridgehead atoms.